The molecule has 1 N–H and O–H groups in total. The molecule has 0 radical (unpaired) electrons. The fraction of sp³-hybridized carbons (Fsp3) is 0.160. The molecule has 4 nitrogen and oxygen atoms in total. The Labute approximate surface area is 178 Å². The molecule has 0 spiro atoms. The summed E-state index contributed by atoms with van der Waals surface area (Å²) in [7, 11) is 0. The summed E-state index contributed by atoms with van der Waals surface area (Å²) in [5.74, 6) is -0.564. The zero-order chi connectivity index (χ0) is 20.7. The highest BCUT2D eigenvalue weighted by Crippen LogP contribution is 2.52. The van der Waals surface area contributed by atoms with Gasteiger partial charge in [-0.3, -0.25) is 9.69 Å². The minimum Gasteiger partial charge on any atom is -0.291 e. The van der Waals surface area contributed by atoms with Gasteiger partial charge in [-0.1, -0.05) is 54.6 Å². The highest BCUT2D eigenvalue weighted by atomic mass is 32.1. The van der Waals surface area contributed by atoms with Crippen LogP contribution in [0, 0.1) is 28.1 Å². The van der Waals surface area contributed by atoms with Crippen molar-refractivity contribution in [3.8, 4) is 12.1 Å². The predicted molar refractivity (Wildman–Crippen MR) is 114 cm³/mol. The van der Waals surface area contributed by atoms with Crippen LogP contribution in [0.5, 0.6) is 0 Å². The molecule has 30 heavy (non-hydrogen) atoms. The van der Waals surface area contributed by atoms with E-state index in [1.807, 2.05) is 83.7 Å². The summed E-state index contributed by atoms with van der Waals surface area (Å²) in [6.45, 7) is 0. The lowest BCUT2D eigenvalue weighted by Crippen LogP contribution is -3.11. The van der Waals surface area contributed by atoms with Gasteiger partial charge in [0, 0.05) is 11.1 Å². The molecule has 144 valence electrons. The summed E-state index contributed by atoms with van der Waals surface area (Å²) in [4.78, 5) is 14.6. The quantitative estimate of drug-likeness (QED) is 0.671. The molecular formula is C25H18N3OS+. The van der Waals surface area contributed by atoms with E-state index in [-0.39, 0.29) is 5.78 Å². The average molecular weight is 409 g/mol. The van der Waals surface area contributed by atoms with Crippen molar-refractivity contribution in [2.24, 2.45) is 5.41 Å². The first-order chi connectivity index (χ1) is 14.7. The zero-order valence-electron chi connectivity index (χ0n) is 16.0. The second-order valence-corrected chi connectivity index (χ2v) is 8.51. The fourth-order valence-corrected chi connectivity index (χ4v) is 5.80. The number of fused-ring (bicyclic) bond motifs is 3. The Morgan fingerprint density at radius 1 is 1.00 bits per heavy atom. The molecule has 2 aromatic carbocycles. The number of nitrogens with zero attached hydrogens (tertiary/aromatic N) is 2. The van der Waals surface area contributed by atoms with Gasteiger partial charge in [0.05, 0.1) is 24.3 Å². The summed E-state index contributed by atoms with van der Waals surface area (Å²) >= 11 is 1.52. The predicted octanol–water partition coefficient (Wildman–Crippen LogP) is 3.74. The van der Waals surface area contributed by atoms with E-state index < -0.39 is 23.4 Å². The van der Waals surface area contributed by atoms with Gasteiger partial charge in [-0.05, 0) is 34.0 Å². The minimum atomic E-state index is -1.35. The van der Waals surface area contributed by atoms with Gasteiger partial charge in [0.15, 0.2) is 12.1 Å². The lowest BCUT2D eigenvalue weighted by molar-refractivity contribution is -0.885. The number of hydrogen-bond acceptors (Lipinski definition) is 4. The smallest absolute Gasteiger partial charge is 0.221 e. The van der Waals surface area contributed by atoms with Gasteiger partial charge in [0.25, 0.3) is 0 Å². The van der Waals surface area contributed by atoms with Crippen LogP contribution in [0.3, 0.4) is 0 Å². The standard InChI is InChI=1S/C25H17N3OS/c26-15-25(16-27)21(19-11-13-30-14-19)22(23(29)18-7-2-1-3-8-18)28-12-10-17-6-4-5-9-20(17)24(25)28/h1-14,21-22,24H/p+1/t21-,22+,24-/m0/s1. The van der Waals surface area contributed by atoms with Gasteiger partial charge in [0.2, 0.25) is 11.2 Å². The molecule has 5 heteroatoms. The van der Waals surface area contributed by atoms with E-state index in [0.717, 1.165) is 21.6 Å². The second kappa shape index (κ2) is 7.07. The van der Waals surface area contributed by atoms with Crippen molar-refractivity contribution >= 4 is 23.2 Å². The Hall–Kier alpha value is -3.51. The molecule has 0 amide bonds. The number of thiophene rings is 1. The first kappa shape index (κ1) is 18.5. The first-order valence-corrected chi connectivity index (χ1v) is 10.7. The lowest BCUT2D eigenvalue weighted by Gasteiger charge is -2.29. The summed E-state index contributed by atoms with van der Waals surface area (Å²) in [5, 5.41) is 24.7. The van der Waals surface area contributed by atoms with E-state index in [1.54, 1.807) is 0 Å². The van der Waals surface area contributed by atoms with E-state index in [0.29, 0.717) is 5.56 Å². The van der Waals surface area contributed by atoms with Crippen LogP contribution < -0.4 is 4.90 Å². The minimum absolute atomic E-state index is 0.0387. The number of carbonyl (C=O) groups excluding carboxylic acids is 1. The second-order valence-electron chi connectivity index (χ2n) is 7.73. The normalized spacial score (nSPS) is 25.5. The molecule has 5 rings (SSSR count). The molecule has 2 aliphatic heterocycles. The summed E-state index contributed by atoms with van der Waals surface area (Å²) in [5.41, 5.74) is 2.07. The third kappa shape index (κ3) is 2.50. The van der Waals surface area contributed by atoms with Gasteiger partial charge in [-0.15, -0.1) is 0 Å². The molecule has 0 saturated carbocycles. The average Bonchev–Trinajstić information content (AvgIpc) is 3.43. The van der Waals surface area contributed by atoms with E-state index in [1.165, 1.54) is 11.3 Å². The number of Topliss-reactive ketones (excluding diaryl/α,β-unsaturated/α-hetero) is 1. The van der Waals surface area contributed by atoms with Crippen LogP contribution in [0.15, 0.2) is 77.6 Å². The molecule has 0 aliphatic carbocycles. The fourth-order valence-electron chi connectivity index (χ4n) is 5.10. The van der Waals surface area contributed by atoms with E-state index >= 15 is 0 Å². The maximum Gasteiger partial charge on any atom is 0.221 e. The maximum atomic E-state index is 13.8. The van der Waals surface area contributed by atoms with Crippen molar-refractivity contribution in [1.82, 2.24) is 0 Å². The monoisotopic (exact) mass is 408 g/mol. The van der Waals surface area contributed by atoms with Crippen LogP contribution >= 0.6 is 11.3 Å². The topological polar surface area (TPSA) is 69.1 Å². The van der Waals surface area contributed by atoms with Gasteiger partial charge < -0.3 is 0 Å². The molecule has 2 aliphatic rings. The van der Waals surface area contributed by atoms with E-state index in [2.05, 4.69) is 12.1 Å². The summed E-state index contributed by atoms with van der Waals surface area (Å²) in [6, 6.07) is 22.7. The van der Waals surface area contributed by atoms with E-state index in [4.69, 9.17) is 0 Å². The third-order valence-electron chi connectivity index (χ3n) is 6.35. The largest absolute Gasteiger partial charge is 0.291 e. The van der Waals surface area contributed by atoms with E-state index in [9.17, 15) is 15.3 Å². The zero-order valence-corrected chi connectivity index (χ0v) is 16.8. The van der Waals surface area contributed by atoms with Crippen molar-refractivity contribution in [2.75, 3.05) is 0 Å². The Balaban J connectivity index is 1.77. The van der Waals surface area contributed by atoms with Crippen molar-refractivity contribution in [2.45, 2.75) is 18.0 Å². The van der Waals surface area contributed by atoms with Crippen LogP contribution in [-0.4, -0.2) is 11.8 Å². The highest BCUT2D eigenvalue weighted by Gasteiger charge is 2.68. The molecular weight excluding hydrogens is 390 g/mol. The third-order valence-corrected chi connectivity index (χ3v) is 7.05. The van der Waals surface area contributed by atoms with Crippen molar-refractivity contribution in [1.29, 1.82) is 10.5 Å². The van der Waals surface area contributed by atoms with Gasteiger partial charge in [-0.2, -0.15) is 21.9 Å². The summed E-state index contributed by atoms with van der Waals surface area (Å²) < 4.78 is 0. The Kier molecular flexibility index (Phi) is 4.37. The van der Waals surface area contributed by atoms with Crippen LogP contribution in [0.1, 0.15) is 39.0 Å². The molecule has 4 atom stereocenters. The molecule has 0 bridgehead atoms. The lowest BCUT2D eigenvalue weighted by atomic mass is 9.68. The van der Waals surface area contributed by atoms with Crippen LogP contribution in [0.4, 0.5) is 0 Å². The number of carbonyl (C=O) groups is 1. The Bertz CT molecular complexity index is 1200. The first-order valence-electron chi connectivity index (χ1n) is 9.79. The molecule has 1 unspecified atom stereocenters. The number of benzene rings is 2. The van der Waals surface area contributed by atoms with Gasteiger partial charge in [-0.25, -0.2) is 0 Å². The van der Waals surface area contributed by atoms with Crippen molar-refractivity contribution in [3.63, 3.8) is 0 Å². The number of hydrogen-bond donors (Lipinski definition) is 1. The molecule has 1 saturated heterocycles. The number of nitriles is 2. The van der Waals surface area contributed by atoms with Crippen LogP contribution in [-0.2, 0) is 0 Å². The molecule has 3 aromatic rings. The highest BCUT2D eigenvalue weighted by molar-refractivity contribution is 7.08. The van der Waals surface area contributed by atoms with Crippen molar-refractivity contribution in [3.05, 3.63) is 99.9 Å². The van der Waals surface area contributed by atoms with Crippen LogP contribution in [0.25, 0.3) is 6.08 Å². The van der Waals surface area contributed by atoms with Gasteiger partial charge in [0.1, 0.15) is 0 Å². The number of ketones is 1. The van der Waals surface area contributed by atoms with Crippen LogP contribution in [0.2, 0.25) is 0 Å². The summed E-state index contributed by atoms with van der Waals surface area (Å²) in [6.07, 6.45) is 3.97. The molecule has 1 aromatic heterocycles. The number of rotatable bonds is 3. The SMILES string of the molecule is N#CC1(C#N)[C@@H]2c3ccccc3C=C[NH+]2[C@@H](C(=O)c2ccccc2)[C@@H]1c1ccsc1. The Morgan fingerprint density at radius 3 is 2.43 bits per heavy atom. The number of nitrogens with one attached hydrogen (secondary N) is 1. The Morgan fingerprint density at radius 2 is 1.73 bits per heavy atom. The van der Waals surface area contributed by atoms with Crippen molar-refractivity contribution < 1.29 is 9.69 Å². The molecule has 3 heterocycles. The number of quaternary nitrogens is 1. The molecule has 1 fully saturated rings. The maximum absolute atomic E-state index is 13.8. The van der Waals surface area contributed by atoms with Gasteiger partial charge >= 0.3 is 0 Å².